The number of benzene rings is 1. The summed E-state index contributed by atoms with van der Waals surface area (Å²) >= 11 is 0. The maximum absolute atomic E-state index is 13.5. The number of ether oxygens (including phenoxy) is 2. The molecule has 1 aromatic carbocycles. The highest BCUT2D eigenvalue weighted by molar-refractivity contribution is 5.93. The SMILES string of the molecule is Cc1ccc(C)c([C@@H]2CN(C(=O)c3cc(N4C[C@H](C)O[C@@H](C)C4)ccn3)[C@H](C)CO2)c1. The van der Waals surface area contributed by atoms with Crippen LogP contribution in [0.4, 0.5) is 5.69 Å². The first-order valence-electron chi connectivity index (χ1n) is 11.2. The molecule has 0 unspecified atom stereocenters. The summed E-state index contributed by atoms with van der Waals surface area (Å²) in [5.74, 6) is -0.0395. The van der Waals surface area contributed by atoms with E-state index in [0.29, 0.717) is 18.8 Å². The van der Waals surface area contributed by atoms with E-state index in [0.717, 1.165) is 24.3 Å². The van der Waals surface area contributed by atoms with E-state index in [2.05, 4.69) is 55.8 Å². The molecule has 0 radical (unpaired) electrons. The fourth-order valence-electron chi connectivity index (χ4n) is 4.60. The summed E-state index contributed by atoms with van der Waals surface area (Å²) in [5, 5.41) is 0. The topological polar surface area (TPSA) is 54.9 Å². The third kappa shape index (κ3) is 4.75. The Morgan fingerprint density at radius 1 is 1.03 bits per heavy atom. The van der Waals surface area contributed by atoms with Crippen LogP contribution in [0.15, 0.2) is 36.5 Å². The number of pyridine rings is 1. The molecule has 3 heterocycles. The van der Waals surface area contributed by atoms with E-state index in [1.165, 1.54) is 11.1 Å². The monoisotopic (exact) mass is 423 g/mol. The lowest BCUT2D eigenvalue weighted by Crippen LogP contribution is -2.48. The van der Waals surface area contributed by atoms with Gasteiger partial charge in [0.1, 0.15) is 11.8 Å². The Balaban J connectivity index is 1.55. The van der Waals surface area contributed by atoms with Crippen molar-refractivity contribution in [2.45, 2.75) is 59.0 Å². The Labute approximate surface area is 185 Å². The Bertz CT molecular complexity index is 937. The number of carbonyl (C=O) groups excluding carboxylic acids is 1. The number of rotatable bonds is 3. The summed E-state index contributed by atoms with van der Waals surface area (Å²) in [6.07, 6.45) is 1.94. The molecule has 0 N–H and O–H groups in total. The van der Waals surface area contributed by atoms with Gasteiger partial charge in [-0.1, -0.05) is 23.8 Å². The predicted molar refractivity (Wildman–Crippen MR) is 122 cm³/mol. The Hall–Kier alpha value is -2.44. The zero-order valence-electron chi connectivity index (χ0n) is 19.2. The molecule has 166 valence electrons. The molecule has 0 spiro atoms. The second kappa shape index (κ2) is 8.97. The van der Waals surface area contributed by atoms with Crippen molar-refractivity contribution in [3.63, 3.8) is 0 Å². The van der Waals surface area contributed by atoms with Crippen molar-refractivity contribution in [3.05, 3.63) is 58.9 Å². The van der Waals surface area contributed by atoms with Gasteiger partial charge < -0.3 is 19.3 Å². The van der Waals surface area contributed by atoms with Crippen molar-refractivity contribution < 1.29 is 14.3 Å². The molecule has 2 aliphatic rings. The lowest BCUT2D eigenvalue weighted by atomic mass is 9.98. The van der Waals surface area contributed by atoms with Crippen molar-refractivity contribution in [3.8, 4) is 0 Å². The number of morpholine rings is 2. The molecule has 0 saturated carbocycles. The zero-order chi connectivity index (χ0) is 22.1. The van der Waals surface area contributed by atoms with E-state index in [-0.39, 0.29) is 30.3 Å². The van der Waals surface area contributed by atoms with Crippen LogP contribution in [-0.4, -0.2) is 60.3 Å². The van der Waals surface area contributed by atoms with E-state index < -0.39 is 0 Å². The van der Waals surface area contributed by atoms with Gasteiger partial charge in [0.05, 0.1) is 31.4 Å². The van der Waals surface area contributed by atoms with Gasteiger partial charge in [-0.15, -0.1) is 0 Å². The standard InChI is InChI=1S/C25H33N3O3/c1-16-6-7-17(2)22(10-16)24-14-28(18(3)15-30-24)25(29)23-11-21(8-9-26-23)27-12-19(4)31-20(5)13-27/h6-11,18-20,24H,12-15H2,1-5H3/t18-,19+,20+,24+/m1/s1. The summed E-state index contributed by atoms with van der Waals surface area (Å²) in [6, 6.07) is 10.3. The molecule has 6 nitrogen and oxygen atoms in total. The van der Waals surface area contributed by atoms with Gasteiger partial charge in [-0.3, -0.25) is 9.78 Å². The number of anilines is 1. The molecular formula is C25H33N3O3. The van der Waals surface area contributed by atoms with Crippen LogP contribution in [0.1, 0.15) is 54.1 Å². The van der Waals surface area contributed by atoms with Crippen molar-refractivity contribution in [1.29, 1.82) is 0 Å². The number of aryl methyl sites for hydroxylation is 2. The second-order valence-electron chi connectivity index (χ2n) is 9.05. The summed E-state index contributed by atoms with van der Waals surface area (Å²) in [6.45, 7) is 13.0. The van der Waals surface area contributed by atoms with Crippen LogP contribution < -0.4 is 4.90 Å². The second-order valence-corrected chi connectivity index (χ2v) is 9.05. The highest BCUT2D eigenvalue weighted by atomic mass is 16.5. The third-order valence-corrected chi connectivity index (χ3v) is 6.22. The van der Waals surface area contributed by atoms with Crippen LogP contribution in [-0.2, 0) is 9.47 Å². The molecule has 2 saturated heterocycles. The minimum atomic E-state index is -0.121. The maximum atomic E-state index is 13.5. The lowest BCUT2D eigenvalue weighted by molar-refractivity contribution is -0.0491. The first-order valence-corrected chi connectivity index (χ1v) is 11.2. The normalized spacial score (nSPS) is 26.7. The number of hydrogen-bond acceptors (Lipinski definition) is 5. The number of amides is 1. The van der Waals surface area contributed by atoms with Crippen molar-refractivity contribution >= 4 is 11.6 Å². The summed E-state index contributed by atoms with van der Waals surface area (Å²) < 4.78 is 12.0. The largest absolute Gasteiger partial charge is 0.372 e. The molecule has 1 aromatic heterocycles. The first kappa shape index (κ1) is 21.8. The molecule has 2 aliphatic heterocycles. The van der Waals surface area contributed by atoms with Crippen LogP contribution in [0.2, 0.25) is 0 Å². The molecule has 6 heteroatoms. The summed E-state index contributed by atoms with van der Waals surface area (Å²) in [5.41, 5.74) is 5.05. The van der Waals surface area contributed by atoms with Gasteiger partial charge in [0.2, 0.25) is 0 Å². The zero-order valence-corrected chi connectivity index (χ0v) is 19.2. The summed E-state index contributed by atoms with van der Waals surface area (Å²) in [4.78, 5) is 22.1. The highest BCUT2D eigenvalue weighted by Crippen LogP contribution is 2.29. The average molecular weight is 424 g/mol. The minimum absolute atomic E-state index is 0.00255. The van der Waals surface area contributed by atoms with E-state index in [4.69, 9.17) is 9.47 Å². The fourth-order valence-corrected chi connectivity index (χ4v) is 4.60. The van der Waals surface area contributed by atoms with E-state index in [9.17, 15) is 4.79 Å². The number of carbonyl (C=O) groups is 1. The van der Waals surface area contributed by atoms with Gasteiger partial charge in [-0.2, -0.15) is 0 Å². The molecule has 31 heavy (non-hydrogen) atoms. The van der Waals surface area contributed by atoms with E-state index >= 15 is 0 Å². The van der Waals surface area contributed by atoms with Gasteiger partial charge in [-0.05, 0) is 57.9 Å². The van der Waals surface area contributed by atoms with Gasteiger partial charge >= 0.3 is 0 Å². The number of nitrogens with zero attached hydrogens (tertiary/aromatic N) is 3. The highest BCUT2D eigenvalue weighted by Gasteiger charge is 2.33. The number of hydrogen-bond donors (Lipinski definition) is 0. The van der Waals surface area contributed by atoms with Gasteiger partial charge in [0.15, 0.2) is 0 Å². The van der Waals surface area contributed by atoms with Crippen molar-refractivity contribution in [2.75, 3.05) is 31.1 Å². The Kier molecular flexibility index (Phi) is 6.30. The van der Waals surface area contributed by atoms with Gasteiger partial charge in [0.25, 0.3) is 5.91 Å². The third-order valence-electron chi connectivity index (χ3n) is 6.22. The molecule has 2 fully saturated rings. The van der Waals surface area contributed by atoms with E-state index in [1.54, 1.807) is 6.20 Å². The minimum Gasteiger partial charge on any atom is -0.372 e. The first-order chi connectivity index (χ1) is 14.8. The summed E-state index contributed by atoms with van der Waals surface area (Å²) in [7, 11) is 0. The fraction of sp³-hybridized carbons (Fsp3) is 0.520. The van der Waals surface area contributed by atoms with Gasteiger partial charge in [-0.25, -0.2) is 0 Å². The van der Waals surface area contributed by atoms with Crippen LogP contribution in [0, 0.1) is 13.8 Å². The van der Waals surface area contributed by atoms with Crippen LogP contribution >= 0.6 is 0 Å². The smallest absolute Gasteiger partial charge is 0.272 e. The molecular weight excluding hydrogens is 390 g/mol. The molecule has 4 rings (SSSR count). The lowest BCUT2D eigenvalue weighted by Gasteiger charge is -2.39. The van der Waals surface area contributed by atoms with Gasteiger partial charge in [0, 0.05) is 25.0 Å². The molecule has 0 aliphatic carbocycles. The van der Waals surface area contributed by atoms with Crippen molar-refractivity contribution in [2.24, 2.45) is 0 Å². The molecule has 4 atom stereocenters. The Morgan fingerprint density at radius 3 is 2.52 bits per heavy atom. The maximum Gasteiger partial charge on any atom is 0.272 e. The quantitative estimate of drug-likeness (QED) is 0.749. The predicted octanol–water partition coefficient (Wildman–Crippen LogP) is 3.91. The van der Waals surface area contributed by atoms with E-state index in [1.807, 2.05) is 24.0 Å². The molecule has 2 aromatic rings. The Morgan fingerprint density at radius 2 is 1.77 bits per heavy atom. The molecule has 1 amide bonds. The molecule has 0 bridgehead atoms. The number of aromatic nitrogens is 1. The van der Waals surface area contributed by atoms with Crippen LogP contribution in [0.5, 0.6) is 0 Å². The average Bonchev–Trinajstić information content (AvgIpc) is 2.75. The van der Waals surface area contributed by atoms with Crippen molar-refractivity contribution in [1.82, 2.24) is 9.88 Å². The van der Waals surface area contributed by atoms with Crippen LogP contribution in [0.25, 0.3) is 0 Å². The van der Waals surface area contributed by atoms with Crippen LogP contribution in [0.3, 0.4) is 0 Å².